The molecule has 0 aliphatic carbocycles. The van der Waals surface area contributed by atoms with Crippen molar-refractivity contribution < 1.29 is 0 Å². The molecule has 0 saturated heterocycles. The minimum Gasteiger partial charge on any atom is -0.313 e. The topological polar surface area (TPSA) is 114 Å². The summed E-state index contributed by atoms with van der Waals surface area (Å²) in [7, 11) is 0. The van der Waals surface area contributed by atoms with Crippen molar-refractivity contribution in [2.75, 3.05) is 26.2 Å². The van der Waals surface area contributed by atoms with E-state index < -0.39 is 0 Å². The van der Waals surface area contributed by atoms with Gasteiger partial charge in [0.1, 0.15) is 0 Å². The third-order valence-corrected chi connectivity index (χ3v) is 0.940. The Hall–Kier alpha value is -1.24. The molecule has 5 N–H and O–H groups in total. The number of nitrogens with zero attached hydrogens (tertiary/aromatic N) is 4. The molecule has 0 rings (SSSR count). The van der Waals surface area contributed by atoms with E-state index >= 15 is 0 Å². The molecule has 0 radical (unpaired) electrons. The Labute approximate surface area is 64.9 Å². The third-order valence-electron chi connectivity index (χ3n) is 0.940. The minimum absolute atomic E-state index is 0.580. The SMILES string of the molecule is NN=NCCNCCN=NN. The molecule has 0 saturated carbocycles. The highest BCUT2D eigenvalue weighted by atomic mass is 15.3. The highest BCUT2D eigenvalue weighted by Crippen LogP contribution is 1.69. The lowest BCUT2D eigenvalue weighted by Gasteiger charge is -1.96. The minimum atomic E-state index is 0.580. The van der Waals surface area contributed by atoms with E-state index in [2.05, 4.69) is 26.0 Å². The van der Waals surface area contributed by atoms with Gasteiger partial charge in [0.25, 0.3) is 0 Å². The summed E-state index contributed by atoms with van der Waals surface area (Å²) in [5.74, 6) is 9.54. The second kappa shape index (κ2) is 8.76. The average Bonchev–Trinajstić information content (AvgIpc) is 2.03. The van der Waals surface area contributed by atoms with Gasteiger partial charge >= 0.3 is 0 Å². The molecule has 0 amide bonds. The summed E-state index contributed by atoms with van der Waals surface area (Å²) in [6.07, 6.45) is 0. The monoisotopic (exact) mass is 159 g/mol. The van der Waals surface area contributed by atoms with E-state index in [1.54, 1.807) is 0 Å². The fourth-order valence-electron chi connectivity index (χ4n) is 0.499. The van der Waals surface area contributed by atoms with Crippen LogP contribution in [0.15, 0.2) is 20.7 Å². The standard InChI is InChI=1S/C4H13N7/c5-10-8-3-1-7-2-4-9-11-6/h7H,1-4H2,(H2,5,8)(H2,6,9). The van der Waals surface area contributed by atoms with Crippen LogP contribution < -0.4 is 17.0 Å². The second-order valence-electron chi connectivity index (χ2n) is 1.71. The van der Waals surface area contributed by atoms with Crippen molar-refractivity contribution >= 4 is 0 Å². The van der Waals surface area contributed by atoms with Crippen LogP contribution in [0.1, 0.15) is 0 Å². The number of nitrogens with two attached hydrogens (primary N) is 2. The summed E-state index contributed by atoms with van der Waals surface area (Å²) in [5.41, 5.74) is 0. The lowest BCUT2D eigenvalue weighted by molar-refractivity contribution is 0.670. The molecule has 7 heteroatoms. The van der Waals surface area contributed by atoms with Crippen molar-refractivity contribution in [2.24, 2.45) is 32.4 Å². The molecular formula is C4H13N7. The van der Waals surface area contributed by atoms with Crippen LogP contribution in [-0.2, 0) is 0 Å². The van der Waals surface area contributed by atoms with Crippen LogP contribution in [0.5, 0.6) is 0 Å². The number of nitrogens with one attached hydrogen (secondary N) is 1. The summed E-state index contributed by atoms with van der Waals surface area (Å²) < 4.78 is 0. The Morgan fingerprint density at radius 1 is 0.909 bits per heavy atom. The molecule has 0 bridgehead atoms. The van der Waals surface area contributed by atoms with Gasteiger partial charge in [-0.2, -0.15) is 10.2 Å². The molecule has 0 heterocycles. The van der Waals surface area contributed by atoms with Crippen LogP contribution >= 0.6 is 0 Å². The molecule has 11 heavy (non-hydrogen) atoms. The summed E-state index contributed by atoms with van der Waals surface area (Å²) in [6.45, 7) is 2.63. The Morgan fingerprint density at radius 2 is 1.36 bits per heavy atom. The van der Waals surface area contributed by atoms with E-state index in [1.165, 1.54) is 0 Å². The van der Waals surface area contributed by atoms with Gasteiger partial charge in [-0.15, -0.1) is 0 Å². The molecule has 0 aromatic rings. The molecule has 0 unspecified atom stereocenters. The zero-order chi connectivity index (χ0) is 8.36. The van der Waals surface area contributed by atoms with Gasteiger partial charge in [-0.25, -0.2) is 0 Å². The predicted octanol–water partition coefficient (Wildman–Crippen LogP) is -0.772. The molecule has 0 aliphatic rings. The lowest BCUT2D eigenvalue weighted by atomic mass is 10.6. The first-order chi connectivity index (χ1) is 5.41. The van der Waals surface area contributed by atoms with Crippen LogP contribution in [0.25, 0.3) is 0 Å². The quantitative estimate of drug-likeness (QED) is 0.204. The smallest absolute Gasteiger partial charge is 0.0744 e. The van der Waals surface area contributed by atoms with Gasteiger partial charge in [0.2, 0.25) is 0 Å². The van der Waals surface area contributed by atoms with Crippen LogP contribution in [0, 0.1) is 0 Å². The maximum absolute atomic E-state index is 4.77. The van der Waals surface area contributed by atoms with Crippen molar-refractivity contribution in [3.8, 4) is 0 Å². The first kappa shape index (κ1) is 9.76. The van der Waals surface area contributed by atoms with Crippen LogP contribution in [0.2, 0.25) is 0 Å². The van der Waals surface area contributed by atoms with E-state index in [4.69, 9.17) is 11.7 Å². The maximum Gasteiger partial charge on any atom is 0.0744 e. The van der Waals surface area contributed by atoms with Crippen molar-refractivity contribution in [3.63, 3.8) is 0 Å². The summed E-state index contributed by atoms with van der Waals surface area (Å²) in [5, 5.41) is 16.3. The zero-order valence-electron chi connectivity index (χ0n) is 6.27. The average molecular weight is 159 g/mol. The first-order valence-corrected chi connectivity index (χ1v) is 3.26. The van der Waals surface area contributed by atoms with Crippen molar-refractivity contribution in [1.82, 2.24) is 5.32 Å². The van der Waals surface area contributed by atoms with Gasteiger partial charge in [0.15, 0.2) is 0 Å². The first-order valence-electron chi connectivity index (χ1n) is 3.26. The van der Waals surface area contributed by atoms with Crippen molar-refractivity contribution in [3.05, 3.63) is 0 Å². The molecule has 0 aromatic heterocycles. The molecule has 0 aromatic carbocycles. The van der Waals surface area contributed by atoms with Gasteiger partial charge in [0, 0.05) is 13.1 Å². The molecule has 0 atom stereocenters. The number of hydrogen-bond donors (Lipinski definition) is 3. The molecule has 64 valence electrons. The normalized spacial score (nSPS) is 11.6. The highest BCUT2D eigenvalue weighted by molar-refractivity contribution is 4.49. The molecule has 0 aliphatic heterocycles. The van der Waals surface area contributed by atoms with Crippen LogP contribution in [0.4, 0.5) is 0 Å². The molecular weight excluding hydrogens is 146 g/mol. The third kappa shape index (κ3) is 8.76. The van der Waals surface area contributed by atoms with E-state index in [9.17, 15) is 0 Å². The van der Waals surface area contributed by atoms with Crippen LogP contribution in [-0.4, -0.2) is 26.2 Å². The zero-order valence-corrected chi connectivity index (χ0v) is 6.27. The highest BCUT2D eigenvalue weighted by Gasteiger charge is 1.83. The van der Waals surface area contributed by atoms with E-state index in [1.807, 2.05) is 0 Å². The molecule has 0 fully saturated rings. The number of hydrogen-bond acceptors (Lipinski definition) is 5. The van der Waals surface area contributed by atoms with Gasteiger partial charge < -0.3 is 17.0 Å². The summed E-state index contributed by atoms with van der Waals surface area (Å²) in [6, 6.07) is 0. The van der Waals surface area contributed by atoms with Gasteiger partial charge in [-0.3, -0.25) is 0 Å². The summed E-state index contributed by atoms with van der Waals surface area (Å²) >= 11 is 0. The Kier molecular flexibility index (Phi) is 7.77. The van der Waals surface area contributed by atoms with E-state index in [0.717, 1.165) is 13.1 Å². The predicted molar refractivity (Wildman–Crippen MR) is 40.7 cm³/mol. The van der Waals surface area contributed by atoms with Crippen molar-refractivity contribution in [2.45, 2.75) is 0 Å². The maximum atomic E-state index is 4.77. The molecule has 7 nitrogen and oxygen atoms in total. The van der Waals surface area contributed by atoms with Gasteiger partial charge in [-0.05, 0) is 0 Å². The number of rotatable bonds is 6. The Balaban J connectivity index is 2.90. The van der Waals surface area contributed by atoms with Gasteiger partial charge in [0.05, 0.1) is 13.1 Å². The second-order valence-corrected chi connectivity index (χ2v) is 1.71. The van der Waals surface area contributed by atoms with E-state index in [0.29, 0.717) is 13.1 Å². The van der Waals surface area contributed by atoms with Crippen molar-refractivity contribution in [1.29, 1.82) is 0 Å². The fourth-order valence-corrected chi connectivity index (χ4v) is 0.499. The summed E-state index contributed by atoms with van der Waals surface area (Å²) in [4.78, 5) is 0. The van der Waals surface area contributed by atoms with Gasteiger partial charge in [-0.1, -0.05) is 10.4 Å². The largest absolute Gasteiger partial charge is 0.313 e. The fraction of sp³-hybridized carbons (Fsp3) is 1.00. The Morgan fingerprint density at radius 3 is 1.73 bits per heavy atom. The lowest BCUT2D eigenvalue weighted by Crippen LogP contribution is -2.20. The molecule has 0 spiro atoms. The van der Waals surface area contributed by atoms with E-state index in [-0.39, 0.29) is 0 Å². The Bertz CT molecular complexity index is 106. The van der Waals surface area contributed by atoms with Crippen LogP contribution in [0.3, 0.4) is 0 Å².